The fraction of sp³-hybridized carbons (Fsp3) is 0.400. The van der Waals surface area contributed by atoms with Gasteiger partial charge in [-0.25, -0.2) is 19.3 Å². The molecule has 216 valence electrons. The molecule has 0 bridgehead atoms. The lowest BCUT2D eigenvalue weighted by Gasteiger charge is -2.40. The zero-order valence-corrected chi connectivity index (χ0v) is 24.9. The van der Waals surface area contributed by atoms with Crippen LogP contribution >= 0.6 is 11.6 Å². The largest absolute Gasteiger partial charge is 0.350 e. The van der Waals surface area contributed by atoms with Crippen molar-refractivity contribution in [3.63, 3.8) is 0 Å². The first-order valence-corrected chi connectivity index (χ1v) is 14.0. The highest BCUT2D eigenvalue weighted by Gasteiger charge is 2.32. The van der Waals surface area contributed by atoms with Gasteiger partial charge in [0.05, 0.1) is 33.4 Å². The van der Waals surface area contributed by atoms with Crippen LogP contribution in [-0.4, -0.2) is 76.1 Å². The van der Waals surface area contributed by atoms with Gasteiger partial charge in [-0.15, -0.1) is 0 Å². The third-order valence-corrected chi connectivity index (χ3v) is 7.45. The van der Waals surface area contributed by atoms with Crippen LogP contribution in [0.2, 0.25) is 5.02 Å². The summed E-state index contributed by atoms with van der Waals surface area (Å²) in [5.41, 5.74) is 2.76. The van der Waals surface area contributed by atoms with E-state index in [4.69, 9.17) is 16.6 Å². The number of halogens is 2. The molecule has 1 unspecified atom stereocenters. The topological polar surface area (TPSA) is 94.9 Å². The van der Waals surface area contributed by atoms with Crippen LogP contribution < -0.4 is 4.90 Å². The van der Waals surface area contributed by atoms with Crippen molar-refractivity contribution < 1.29 is 14.0 Å². The summed E-state index contributed by atoms with van der Waals surface area (Å²) in [4.78, 5) is 48.3. The van der Waals surface area contributed by atoms with E-state index in [0.717, 1.165) is 6.41 Å². The normalized spacial score (nSPS) is 16.0. The van der Waals surface area contributed by atoms with Crippen molar-refractivity contribution in [1.29, 1.82) is 0 Å². The van der Waals surface area contributed by atoms with E-state index in [-0.39, 0.29) is 40.0 Å². The molecule has 1 fully saturated rings. The van der Waals surface area contributed by atoms with Crippen molar-refractivity contribution in [3.8, 4) is 11.3 Å². The Hall–Kier alpha value is -3.92. The zero-order valence-electron chi connectivity index (χ0n) is 24.2. The third kappa shape index (κ3) is 5.93. The van der Waals surface area contributed by atoms with E-state index in [1.807, 2.05) is 34.6 Å². The lowest BCUT2D eigenvalue weighted by Crippen LogP contribution is -2.53. The Labute approximate surface area is 245 Å². The third-order valence-electron chi connectivity index (χ3n) is 7.16. The Balaban J connectivity index is 2.02. The number of hydrogen-bond donors (Lipinski definition) is 0. The summed E-state index contributed by atoms with van der Waals surface area (Å²) in [7, 11) is 1.66. The SMILES string of the molecule is C/N=C(\c1cc(Cl)c(-c2ccccc2F)nc1N(C=O)c1c(C(C)C)ncnc1C(C)C)N1CCN(C=O)CC1C. The van der Waals surface area contributed by atoms with E-state index in [2.05, 4.69) is 19.9 Å². The number of aromatic nitrogens is 3. The quantitative estimate of drug-likeness (QED) is 0.201. The molecule has 4 rings (SSSR count). The first-order valence-electron chi connectivity index (χ1n) is 13.6. The molecular formula is C30H35ClFN7O2. The lowest BCUT2D eigenvalue weighted by atomic mass is 10.00. The number of carbonyl (C=O) groups excluding carboxylic acids is 2. The number of pyridine rings is 1. The van der Waals surface area contributed by atoms with Crippen molar-refractivity contribution in [2.24, 2.45) is 4.99 Å². The van der Waals surface area contributed by atoms with Gasteiger partial charge in [0, 0.05) is 38.3 Å². The molecule has 0 spiro atoms. The first kappa shape index (κ1) is 30.0. The number of aliphatic imine (C=N–C) groups is 1. The van der Waals surface area contributed by atoms with Gasteiger partial charge in [0.15, 0.2) is 5.82 Å². The summed E-state index contributed by atoms with van der Waals surface area (Å²) in [6.07, 6.45) is 3.03. The number of amides is 2. The number of anilines is 2. The predicted molar refractivity (Wildman–Crippen MR) is 159 cm³/mol. The number of hydrogen-bond acceptors (Lipinski definition) is 6. The van der Waals surface area contributed by atoms with Gasteiger partial charge in [0.2, 0.25) is 12.8 Å². The van der Waals surface area contributed by atoms with Gasteiger partial charge in [-0.05, 0) is 37.0 Å². The van der Waals surface area contributed by atoms with Crippen LogP contribution in [0.15, 0.2) is 41.7 Å². The van der Waals surface area contributed by atoms with Crippen LogP contribution in [0.25, 0.3) is 11.3 Å². The molecule has 3 aromatic rings. The fourth-order valence-electron chi connectivity index (χ4n) is 5.18. The van der Waals surface area contributed by atoms with E-state index in [1.54, 1.807) is 36.2 Å². The number of benzene rings is 1. The van der Waals surface area contributed by atoms with Gasteiger partial charge >= 0.3 is 0 Å². The Kier molecular flexibility index (Phi) is 9.32. The first-order chi connectivity index (χ1) is 19.6. The molecule has 0 N–H and O–H groups in total. The second-order valence-corrected chi connectivity index (χ2v) is 11.0. The van der Waals surface area contributed by atoms with Crippen molar-refractivity contribution in [3.05, 3.63) is 64.5 Å². The standard InChI is InChI=1S/C30H35ClFN7O2/c1-18(2)25-28(26(19(3)4)35-15-34-25)39(17-41)30-22(29(33-6)38-12-11-37(16-40)14-20(38)5)13-23(31)27(36-30)21-9-7-8-10-24(21)32/h7-10,13,15-20H,11-12,14H2,1-6H3/b33-29+. The van der Waals surface area contributed by atoms with Crippen molar-refractivity contribution >= 4 is 41.8 Å². The molecule has 1 saturated heterocycles. The summed E-state index contributed by atoms with van der Waals surface area (Å²) in [5.74, 6) is 0.214. The minimum atomic E-state index is -0.491. The molecule has 3 heterocycles. The maximum atomic E-state index is 15.0. The van der Waals surface area contributed by atoms with Crippen LogP contribution in [0.3, 0.4) is 0 Å². The van der Waals surface area contributed by atoms with E-state index < -0.39 is 5.82 Å². The summed E-state index contributed by atoms with van der Waals surface area (Å²) in [5, 5.41) is 0.206. The Morgan fingerprint density at radius 2 is 1.78 bits per heavy atom. The summed E-state index contributed by atoms with van der Waals surface area (Å²) in [6.45, 7) is 11.5. The molecule has 2 amide bonds. The van der Waals surface area contributed by atoms with Gasteiger partial charge in [0.1, 0.15) is 18.0 Å². The monoisotopic (exact) mass is 579 g/mol. The molecule has 9 nitrogen and oxygen atoms in total. The summed E-state index contributed by atoms with van der Waals surface area (Å²) >= 11 is 6.80. The number of rotatable bonds is 8. The van der Waals surface area contributed by atoms with Crippen LogP contribution in [-0.2, 0) is 9.59 Å². The smallest absolute Gasteiger partial charge is 0.220 e. The maximum absolute atomic E-state index is 15.0. The minimum absolute atomic E-state index is 0.0366. The second kappa shape index (κ2) is 12.7. The Morgan fingerprint density at radius 1 is 1.12 bits per heavy atom. The lowest BCUT2D eigenvalue weighted by molar-refractivity contribution is -0.120. The molecule has 41 heavy (non-hydrogen) atoms. The highest BCUT2D eigenvalue weighted by molar-refractivity contribution is 6.33. The fourth-order valence-corrected chi connectivity index (χ4v) is 5.43. The second-order valence-electron chi connectivity index (χ2n) is 10.6. The minimum Gasteiger partial charge on any atom is -0.350 e. The van der Waals surface area contributed by atoms with Crippen LogP contribution in [0.4, 0.5) is 15.9 Å². The average Bonchev–Trinajstić information content (AvgIpc) is 2.95. The van der Waals surface area contributed by atoms with Crippen molar-refractivity contribution in [2.45, 2.75) is 52.5 Å². The van der Waals surface area contributed by atoms with Crippen molar-refractivity contribution in [1.82, 2.24) is 24.8 Å². The van der Waals surface area contributed by atoms with E-state index in [1.165, 1.54) is 17.3 Å². The summed E-state index contributed by atoms with van der Waals surface area (Å²) < 4.78 is 15.0. The number of carbonyl (C=O) groups is 2. The van der Waals surface area contributed by atoms with Crippen molar-refractivity contribution in [2.75, 3.05) is 31.6 Å². The molecular weight excluding hydrogens is 545 g/mol. The maximum Gasteiger partial charge on any atom is 0.220 e. The molecule has 11 heteroatoms. The molecule has 1 aromatic carbocycles. The molecule has 1 aliphatic rings. The van der Waals surface area contributed by atoms with Gasteiger partial charge < -0.3 is 9.80 Å². The molecule has 0 aliphatic carbocycles. The Morgan fingerprint density at radius 3 is 2.32 bits per heavy atom. The van der Waals surface area contributed by atoms with Gasteiger partial charge in [-0.1, -0.05) is 51.4 Å². The van der Waals surface area contributed by atoms with Crippen LogP contribution in [0.5, 0.6) is 0 Å². The number of nitrogens with zero attached hydrogens (tertiary/aromatic N) is 7. The van der Waals surface area contributed by atoms with Gasteiger partial charge in [-0.3, -0.25) is 19.5 Å². The van der Waals surface area contributed by atoms with E-state index >= 15 is 4.39 Å². The van der Waals surface area contributed by atoms with Gasteiger partial charge in [0.25, 0.3) is 0 Å². The number of amidine groups is 1. The number of piperazine rings is 1. The zero-order chi connectivity index (χ0) is 29.8. The molecule has 0 radical (unpaired) electrons. The Bertz CT molecular complexity index is 1440. The average molecular weight is 580 g/mol. The summed E-state index contributed by atoms with van der Waals surface area (Å²) in [6, 6.07) is 7.83. The van der Waals surface area contributed by atoms with Gasteiger partial charge in [-0.2, -0.15) is 0 Å². The van der Waals surface area contributed by atoms with Crippen LogP contribution in [0, 0.1) is 5.82 Å². The highest BCUT2D eigenvalue weighted by atomic mass is 35.5. The predicted octanol–water partition coefficient (Wildman–Crippen LogP) is 5.41. The molecule has 0 saturated carbocycles. The molecule has 1 atom stereocenters. The van der Waals surface area contributed by atoms with E-state index in [9.17, 15) is 9.59 Å². The molecule has 2 aromatic heterocycles. The van der Waals surface area contributed by atoms with E-state index in [0.29, 0.717) is 54.5 Å². The van der Waals surface area contributed by atoms with Crippen LogP contribution in [0.1, 0.15) is 63.4 Å². The highest BCUT2D eigenvalue weighted by Crippen LogP contribution is 2.40. The molecule has 1 aliphatic heterocycles.